The summed E-state index contributed by atoms with van der Waals surface area (Å²) in [6.07, 6.45) is 0. The third-order valence-electron chi connectivity index (χ3n) is 2.70. The van der Waals surface area contributed by atoms with Crippen LogP contribution in [0.3, 0.4) is 0 Å². The van der Waals surface area contributed by atoms with Crippen LogP contribution < -0.4 is 15.8 Å². The lowest BCUT2D eigenvalue weighted by Crippen LogP contribution is -2.14. The number of anilines is 2. The van der Waals surface area contributed by atoms with Crippen LogP contribution in [0.2, 0.25) is 0 Å². The van der Waals surface area contributed by atoms with Crippen molar-refractivity contribution in [3.05, 3.63) is 50.9 Å². The number of nitrogens with two attached hydrogens (primary N) is 1. The zero-order valence-corrected chi connectivity index (χ0v) is 13.8. The number of hydrogen-bond donors (Lipinski definition) is 2. The maximum Gasteiger partial charge on any atom is 0.259 e. The Balaban J connectivity index is 2.36. The van der Waals surface area contributed by atoms with Gasteiger partial charge >= 0.3 is 0 Å². The summed E-state index contributed by atoms with van der Waals surface area (Å²) in [5, 5.41) is 2.83. The molecule has 0 bridgehead atoms. The molecule has 1 amide bonds. The largest absolute Gasteiger partial charge is 0.494 e. The molecule has 2 rings (SSSR count). The van der Waals surface area contributed by atoms with Crippen LogP contribution in [0.15, 0.2) is 45.3 Å². The second kappa shape index (κ2) is 6.28. The predicted molar refractivity (Wildman–Crippen MR) is 87.2 cm³/mol. The van der Waals surface area contributed by atoms with Crippen LogP contribution in [0.1, 0.15) is 10.4 Å². The van der Waals surface area contributed by atoms with Crippen molar-refractivity contribution in [2.75, 3.05) is 18.2 Å². The molecule has 0 unspecified atom stereocenters. The summed E-state index contributed by atoms with van der Waals surface area (Å²) in [6, 6.07) is 10.6. The standard InChI is InChI=1S/C14H12Br2N2O2/c1-20-13-8(4-2-7-11(13)17)14(19)18-12-9(15)5-3-6-10(12)16/h2-7H,17H2,1H3,(H,18,19). The number of methoxy groups -OCH3 is 1. The molecule has 20 heavy (non-hydrogen) atoms. The van der Waals surface area contributed by atoms with Crippen molar-refractivity contribution in [3.63, 3.8) is 0 Å². The number of carbonyl (C=O) groups is 1. The Bertz CT molecular complexity index is 639. The molecule has 104 valence electrons. The van der Waals surface area contributed by atoms with Gasteiger partial charge in [0.15, 0.2) is 5.75 Å². The Kier molecular flexibility index (Phi) is 4.67. The maximum atomic E-state index is 12.4. The van der Waals surface area contributed by atoms with Crippen LogP contribution in [0.25, 0.3) is 0 Å². The Morgan fingerprint density at radius 1 is 1.15 bits per heavy atom. The van der Waals surface area contributed by atoms with Gasteiger partial charge in [-0.15, -0.1) is 0 Å². The first kappa shape index (κ1) is 14.9. The van der Waals surface area contributed by atoms with E-state index in [0.29, 0.717) is 22.7 Å². The van der Waals surface area contributed by atoms with Gasteiger partial charge in [-0.25, -0.2) is 0 Å². The summed E-state index contributed by atoms with van der Waals surface area (Å²) in [6.45, 7) is 0. The van der Waals surface area contributed by atoms with Crippen molar-refractivity contribution in [2.24, 2.45) is 0 Å². The molecule has 0 radical (unpaired) electrons. The van der Waals surface area contributed by atoms with E-state index in [9.17, 15) is 4.79 Å². The summed E-state index contributed by atoms with van der Waals surface area (Å²) < 4.78 is 6.75. The van der Waals surface area contributed by atoms with E-state index in [1.807, 2.05) is 18.2 Å². The number of ether oxygens (including phenoxy) is 1. The van der Waals surface area contributed by atoms with Gasteiger partial charge in [-0.2, -0.15) is 0 Å². The van der Waals surface area contributed by atoms with E-state index >= 15 is 0 Å². The van der Waals surface area contributed by atoms with Crippen molar-refractivity contribution in [2.45, 2.75) is 0 Å². The lowest BCUT2D eigenvalue weighted by atomic mass is 10.1. The Labute approximate surface area is 133 Å². The molecule has 0 saturated carbocycles. The highest BCUT2D eigenvalue weighted by atomic mass is 79.9. The normalized spacial score (nSPS) is 10.2. The maximum absolute atomic E-state index is 12.4. The van der Waals surface area contributed by atoms with Gasteiger partial charge in [-0.3, -0.25) is 4.79 Å². The first-order valence-electron chi connectivity index (χ1n) is 5.72. The Morgan fingerprint density at radius 2 is 1.75 bits per heavy atom. The van der Waals surface area contributed by atoms with Gasteiger partial charge in [0.25, 0.3) is 5.91 Å². The number of halogens is 2. The minimum atomic E-state index is -0.290. The summed E-state index contributed by atoms with van der Waals surface area (Å²) >= 11 is 6.80. The van der Waals surface area contributed by atoms with E-state index in [2.05, 4.69) is 37.2 Å². The number of amides is 1. The lowest BCUT2D eigenvalue weighted by molar-refractivity contribution is 0.102. The van der Waals surface area contributed by atoms with Crippen LogP contribution in [-0.4, -0.2) is 13.0 Å². The van der Waals surface area contributed by atoms with E-state index in [4.69, 9.17) is 10.5 Å². The van der Waals surface area contributed by atoms with Crippen molar-refractivity contribution in [1.29, 1.82) is 0 Å². The van der Waals surface area contributed by atoms with Crippen LogP contribution >= 0.6 is 31.9 Å². The minimum absolute atomic E-state index is 0.290. The Morgan fingerprint density at radius 3 is 2.35 bits per heavy atom. The van der Waals surface area contributed by atoms with Crippen molar-refractivity contribution < 1.29 is 9.53 Å². The molecule has 0 heterocycles. The third kappa shape index (κ3) is 2.96. The number of nitrogen functional groups attached to an aromatic ring is 1. The second-order valence-corrected chi connectivity index (χ2v) is 5.69. The molecular formula is C14H12Br2N2O2. The SMILES string of the molecule is COc1c(N)cccc1C(=O)Nc1c(Br)cccc1Br. The molecule has 0 atom stereocenters. The highest BCUT2D eigenvalue weighted by molar-refractivity contribution is 9.11. The molecule has 0 saturated heterocycles. The molecule has 3 N–H and O–H groups in total. The topological polar surface area (TPSA) is 64.3 Å². The highest BCUT2D eigenvalue weighted by Gasteiger charge is 2.16. The fourth-order valence-corrected chi connectivity index (χ4v) is 2.96. The van der Waals surface area contributed by atoms with E-state index < -0.39 is 0 Å². The summed E-state index contributed by atoms with van der Waals surface area (Å²) in [5.41, 5.74) is 7.26. The van der Waals surface area contributed by atoms with E-state index in [1.54, 1.807) is 18.2 Å². The molecule has 0 spiro atoms. The number of hydrogen-bond acceptors (Lipinski definition) is 3. The van der Waals surface area contributed by atoms with E-state index in [-0.39, 0.29) is 5.91 Å². The quantitative estimate of drug-likeness (QED) is 0.765. The zero-order chi connectivity index (χ0) is 14.7. The zero-order valence-electron chi connectivity index (χ0n) is 10.6. The van der Waals surface area contributed by atoms with Crippen molar-refractivity contribution >= 4 is 49.1 Å². The number of para-hydroxylation sites is 2. The van der Waals surface area contributed by atoms with E-state index in [1.165, 1.54) is 7.11 Å². The molecule has 0 aromatic heterocycles. The molecule has 0 aliphatic heterocycles. The number of carbonyl (C=O) groups excluding carboxylic acids is 1. The molecule has 0 aliphatic rings. The van der Waals surface area contributed by atoms with Crippen LogP contribution in [0, 0.1) is 0 Å². The fourth-order valence-electron chi connectivity index (χ4n) is 1.76. The van der Waals surface area contributed by atoms with Crippen molar-refractivity contribution in [3.8, 4) is 5.75 Å². The first-order chi connectivity index (χ1) is 9.54. The van der Waals surface area contributed by atoms with E-state index in [0.717, 1.165) is 8.95 Å². The second-order valence-electron chi connectivity index (χ2n) is 3.98. The number of nitrogens with one attached hydrogen (secondary N) is 1. The predicted octanol–water partition coefficient (Wildman–Crippen LogP) is 4.05. The molecule has 2 aromatic rings. The lowest BCUT2D eigenvalue weighted by Gasteiger charge is -2.13. The molecule has 4 nitrogen and oxygen atoms in total. The average Bonchev–Trinajstić information content (AvgIpc) is 2.42. The number of rotatable bonds is 3. The minimum Gasteiger partial charge on any atom is -0.494 e. The Hall–Kier alpha value is -1.53. The summed E-state index contributed by atoms with van der Waals surface area (Å²) in [4.78, 5) is 12.4. The fraction of sp³-hybridized carbons (Fsp3) is 0.0714. The summed E-state index contributed by atoms with van der Waals surface area (Å²) in [5.74, 6) is 0.0786. The smallest absolute Gasteiger partial charge is 0.259 e. The number of benzene rings is 2. The molecule has 2 aromatic carbocycles. The monoisotopic (exact) mass is 398 g/mol. The van der Waals surface area contributed by atoms with Gasteiger partial charge in [-0.05, 0) is 56.1 Å². The molecule has 0 aliphatic carbocycles. The van der Waals surface area contributed by atoms with Gasteiger partial charge in [0.2, 0.25) is 0 Å². The third-order valence-corrected chi connectivity index (χ3v) is 4.02. The van der Waals surface area contributed by atoms with Gasteiger partial charge in [-0.1, -0.05) is 12.1 Å². The van der Waals surface area contributed by atoms with Gasteiger partial charge in [0, 0.05) is 8.95 Å². The highest BCUT2D eigenvalue weighted by Crippen LogP contribution is 2.32. The first-order valence-corrected chi connectivity index (χ1v) is 7.31. The van der Waals surface area contributed by atoms with Gasteiger partial charge in [0.05, 0.1) is 24.0 Å². The average molecular weight is 400 g/mol. The van der Waals surface area contributed by atoms with Crippen LogP contribution in [0.4, 0.5) is 11.4 Å². The van der Waals surface area contributed by atoms with Gasteiger partial charge < -0.3 is 15.8 Å². The van der Waals surface area contributed by atoms with Crippen molar-refractivity contribution in [1.82, 2.24) is 0 Å². The van der Waals surface area contributed by atoms with Crippen LogP contribution in [0.5, 0.6) is 5.75 Å². The van der Waals surface area contributed by atoms with Gasteiger partial charge in [0.1, 0.15) is 0 Å². The molecular weight excluding hydrogens is 388 g/mol. The molecule has 6 heteroatoms. The molecule has 0 fully saturated rings. The summed E-state index contributed by atoms with van der Waals surface area (Å²) in [7, 11) is 1.48. The van der Waals surface area contributed by atoms with Crippen LogP contribution in [-0.2, 0) is 0 Å².